The van der Waals surface area contributed by atoms with Crippen molar-refractivity contribution in [2.24, 2.45) is 5.73 Å². The highest BCUT2D eigenvalue weighted by Gasteiger charge is 2.38. The number of methoxy groups -OCH3 is 1. The molecule has 2 bridgehead atoms. The molecular weight excluding hydrogens is 423 g/mol. The third kappa shape index (κ3) is 3.54. The molecule has 0 saturated carbocycles. The number of halogens is 1. The highest BCUT2D eigenvalue weighted by Crippen LogP contribution is 2.39. The lowest BCUT2D eigenvalue weighted by molar-refractivity contribution is 0.0996. The number of piperazine rings is 1. The molecule has 33 heavy (non-hydrogen) atoms. The lowest BCUT2D eigenvalue weighted by Crippen LogP contribution is -2.43. The van der Waals surface area contributed by atoms with E-state index in [1.54, 1.807) is 18.2 Å². The molecular formula is C24H21FN6O2. The van der Waals surface area contributed by atoms with E-state index in [-0.39, 0.29) is 22.8 Å². The Balaban J connectivity index is 1.68. The molecule has 8 nitrogen and oxygen atoms in total. The molecule has 5 rings (SSSR count). The Morgan fingerprint density at radius 1 is 1.33 bits per heavy atom. The Bertz CT molecular complexity index is 1300. The van der Waals surface area contributed by atoms with Crippen LogP contribution in [0.3, 0.4) is 0 Å². The topological polar surface area (TPSA) is 117 Å². The summed E-state index contributed by atoms with van der Waals surface area (Å²) in [5, 5.41) is 12.9. The maximum atomic E-state index is 14.6. The fourth-order valence-corrected chi connectivity index (χ4v) is 4.71. The van der Waals surface area contributed by atoms with Crippen LogP contribution >= 0.6 is 0 Å². The van der Waals surface area contributed by atoms with Gasteiger partial charge in [0.2, 0.25) is 0 Å². The lowest BCUT2D eigenvalue weighted by atomic mass is 9.99. The van der Waals surface area contributed by atoms with E-state index < -0.39 is 11.7 Å². The van der Waals surface area contributed by atoms with Crippen LogP contribution in [0.1, 0.15) is 22.5 Å². The SMILES string of the molecule is COc1cccc(F)c1-c1ncc(-c2cc(C#N)ccc2N2C[C@H]3C[C@@H]2CN3)c(C(N)=O)n1. The summed E-state index contributed by atoms with van der Waals surface area (Å²) in [6.45, 7) is 1.69. The predicted molar refractivity (Wildman–Crippen MR) is 120 cm³/mol. The number of benzene rings is 2. The number of nitrogens with two attached hydrogens (primary N) is 1. The fraction of sp³-hybridized carbons (Fsp3) is 0.250. The number of nitriles is 1. The van der Waals surface area contributed by atoms with Gasteiger partial charge in [-0.05, 0) is 36.8 Å². The molecule has 0 aliphatic carbocycles. The number of hydrogen-bond donors (Lipinski definition) is 2. The second-order valence-electron chi connectivity index (χ2n) is 8.13. The number of aromatic nitrogens is 2. The number of amides is 1. The summed E-state index contributed by atoms with van der Waals surface area (Å²) in [6, 6.07) is 12.6. The average Bonchev–Trinajstić information content (AvgIpc) is 3.47. The fourth-order valence-electron chi connectivity index (χ4n) is 4.71. The van der Waals surface area contributed by atoms with Crippen molar-refractivity contribution in [3.63, 3.8) is 0 Å². The highest BCUT2D eigenvalue weighted by atomic mass is 19.1. The Hall–Kier alpha value is -4.03. The lowest BCUT2D eigenvalue weighted by Gasteiger charge is -2.31. The van der Waals surface area contributed by atoms with Gasteiger partial charge in [-0.2, -0.15) is 5.26 Å². The smallest absolute Gasteiger partial charge is 0.268 e. The van der Waals surface area contributed by atoms with E-state index in [4.69, 9.17) is 10.5 Å². The van der Waals surface area contributed by atoms with Gasteiger partial charge in [-0.3, -0.25) is 4.79 Å². The molecule has 3 aromatic rings. The van der Waals surface area contributed by atoms with E-state index in [0.29, 0.717) is 28.8 Å². The van der Waals surface area contributed by atoms with Gasteiger partial charge in [0.25, 0.3) is 5.91 Å². The van der Waals surface area contributed by atoms with Crippen LogP contribution in [0.15, 0.2) is 42.6 Å². The number of anilines is 1. The molecule has 2 aliphatic rings. The minimum Gasteiger partial charge on any atom is -0.496 e. The number of ether oxygens (including phenoxy) is 1. The van der Waals surface area contributed by atoms with E-state index in [0.717, 1.165) is 25.2 Å². The van der Waals surface area contributed by atoms with Gasteiger partial charge in [0.1, 0.15) is 17.3 Å². The zero-order valence-corrected chi connectivity index (χ0v) is 17.9. The molecule has 3 N–H and O–H groups in total. The molecule has 1 amide bonds. The number of primary amides is 1. The van der Waals surface area contributed by atoms with Crippen LogP contribution in [0.5, 0.6) is 5.75 Å². The number of nitrogens with one attached hydrogen (secondary N) is 1. The molecule has 2 aliphatic heterocycles. The van der Waals surface area contributed by atoms with Crippen LogP contribution in [-0.4, -0.2) is 48.2 Å². The van der Waals surface area contributed by atoms with Gasteiger partial charge >= 0.3 is 0 Å². The van der Waals surface area contributed by atoms with Crippen LogP contribution in [0.4, 0.5) is 10.1 Å². The van der Waals surface area contributed by atoms with E-state index in [1.165, 1.54) is 25.4 Å². The number of hydrogen-bond acceptors (Lipinski definition) is 7. The molecule has 2 atom stereocenters. The number of carbonyl (C=O) groups is 1. The Labute approximate surface area is 189 Å². The van der Waals surface area contributed by atoms with E-state index in [1.807, 2.05) is 6.07 Å². The van der Waals surface area contributed by atoms with Gasteiger partial charge < -0.3 is 20.7 Å². The van der Waals surface area contributed by atoms with Crippen molar-refractivity contribution in [1.29, 1.82) is 5.26 Å². The first-order chi connectivity index (χ1) is 16.0. The van der Waals surface area contributed by atoms with E-state index >= 15 is 0 Å². The predicted octanol–water partition coefficient (Wildman–Crippen LogP) is 2.48. The van der Waals surface area contributed by atoms with Gasteiger partial charge in [0.15, 0.2) is 5.82 Å². The average molecular weight is 444 g/mol. The van der Waals surface area contributed by atoms with Crippen molar-refractivity contribution in [1.82, 2.24) is 15.3 Å². The van der Waals surface area contributed by atoms with Gasteiger partial charge in [0.05, 0.1) is 24.3 Å². The van der Waals surface area contributed by atoms with Gasteiger partial charge in [-0.1, -0.05) is 6.07 Å². The first-order valence-corrected chi connectivity index (χ1v) is 10.5. The largest absolute Gasteiger partial charge is 0.496 e. The minimum absolute atomic E-state index is 0.00934. The van der Waals surface area contributed by atoms with Crippen LogP contribution in [0.2, 0.25) is 0 Å². The van der Waals surface area contributed by atoms with Gasteiger partial charge in [-0.25, -0.2) is 14.4 Å². The van der Waals surface area contributed by atoms with Crippen LogP contribution in [0.25, 0.3) is 22.5 Å². The summed E-state index contributed by atoms with van der Waals surface area (Å²) < 4.78 is 19.9. The van der Waals surface area contributed by atoms with Crippen LogP contribution in [-0.2, 0) is 0 Å². The second kappa shape index (κ2) is 8.15. The molecule has 0 spiro atoms. The van der Waals surface area contributed by atoms with Gasteiger partial charge in [-0.15, -0.1) is 0 Å². The first kappa shape index (κ1) is 20.8. The molecule has 0 unspecified atom stereocenters. The third-order valence-electron chi connectivity index (χ3n) is 6.22. The van der Waals surface area contributed by atoms with Crippen molar-refractivity contribution in [2.45, 2.75) is 18.5 Å². The second-order valence-corrected chi connectivity index (χ2v) is 8.13. The molecule has 2 saturated heterocycles. The van der Waals surface area contributed by atoms with Crippen LogP contribution < -0.4 is 20.7 Å². The molecule has 0 radical (unpaired) electrons. The normalized spacial score (nSPS) is 18.9. The highest BCUT2D eigenvalue weighted by molar-refractivity contribution is 6.00. The quantitative estimate of drug-likeness (QED) is 0.621. The standard InChI is InChI=1S/C24H21FN6O2/c1-33-20-4-2-3-18(25)21(20)24-29-11-17(22(30-24)23(27)32)16-7-13(9-26)5-6-19(16)31-12-14-8-15(31)10-28-14/h2-7,11,14-15,28H,8,10,12H2,1H3,(H2,27,32)/t14-,15-/m1/s1. The van der Waals surface area contributed by atoms with E-state index in [2.05, 4.69) is 26.3 Å². The molecule has 9 heteroatoms. The summed E-state index contributed by atoms with van der Waals surface area (Å²) in [4.78, 5) is 23.4. The maximum Gasteiger partial charge on any atom is 0.268 e. The first-order valence-electron chi connectivity index (χ1n) is 10.5. The zero-order chi connectivity index (χ0) is 23.1. The third-order valence-corrected chi connectivity index (χ3v) is 6.22. The Kier molecular flexibility index (Phi) is 5.15. The van der Waals surface area contributed by atoms with Crippen molar-refractivity contribution in [3.05, 3.63) is 59.7 Å². The monoisotopic (exact) mass is 444 g/mol. The minimum atomic E-state index is -0.776. The summed E-state index contributed by atoms with van der Waals surface area (Å²) >= 11 is 0. The van der Waals surface area contributed by atoms with Crippen molar-refractivity contribution in [2.75, 3.05) is 25.1 Å². The Morgan fingerprint density at radius 3 is 2.85 bits per heavy atom. The molecule has 2 fully saturated rings. The molecule has 1 aromatic heterocycles. The number of fused-ring (bicyclic) bond motifs is 2. The summed E-state index contributed by atoms with van der Waals surface area (Å²) in [5.41, 5.74) is 8.04. The van der Waals surface area contributed by atoms with Crippen molar-refractivity contribution >= 4 is 11.6 Å². The number of rotatable bonds is 5. The Morgan fingerprint density at radius 2 is 2.18 bits per heavy atom. The maximum absolute atomic E-state index is 14.6. The van der Waals surface area contributed by atoms with Crippen molar-refractivity contribution in [3.8, 4) is 34.3 Å². The number of carbonyl (C=O) groups excluding carboxylic acids is 1. The molecule has 2 aromatic carbocycles. The summed E-state index contributed by atoms with van der Waals surface area (Å²) in [5.74, 6) is -1.12. The summed E-state index contributed by atoms with van der Waals surface area (Å²) in [7, 11) is 1.42. The zero-order valence-electron chi connectivity index (χ0n) is 17.9. The van der Waals surface area contributed by atoms with E-state index in [9.17, 15) is 14.4 Å². The molecule has 166 valence electrons. The van der Waals surface area contributed by atoms with Gasteiger partial charge in [0, 0.05) is 48.2 Å². The summed E-state index contributed by atoms with van der Waals surface area (Å²) in [6.07, 6.45) is 2.49. The van der Waals surface area contributed by atoms with Crippen molar-refractivity contribution < 1.29 is 13.9 Å². The molecule has 3 heterocycles. The number of nitrogens with zero attached hydrogens (tertiary/aromatic N) is 4. The van der Waals surface area contributed by atoms with Crippen LogP contribution in [0, 0.1) is 17.1 Å².